The molecule has 2 atom stereocenters. The van der Waals surface area contributed by atoms with Crippen LogP contribution in [-0.4, -0.2) is 47.0 Å². The minimum Gasteiger partial charge on any atom is -0.444 e. The first kappa shape index (κ1) is 34.6. The third-order valence-corrected chi connectivity index (χ3v) is 8.00. The van der Waals surface area contributed by atoms with Crippen molar-refractivity contribution in [1.82, 2.24) is 15.5 Å². The molecule has 2 rings (SSSR count). The molecule has 7 heteroatoms. The highest BCUT2D eigenvalue weighted by Gasteiger charge is 2.38. The van der Waals surface area contributed by atoms with E-state index in [-0.39, 0.29) is 23.8 Å². The van der Waals surface area contributed by atoms with Crippen LogP contribution in [0.15, 0.2) is 18.2 Å². The van der Waals surface area contributed by atoms with Gasteiger partial charge in [0.15, 0.2) is 0 Å². The Bertz CT molecular complexity index is 979. The molecule has 232 valence electrons. The lowest BCUT2D eigenvalue weighted by molar-refractivity contribution is -0.143. The standard InChI is InChI=1S/C34H57N3O4/c1-9-10-11-12-13-17-22-37(32(39)29(24(2)3)36-33(40)41-34(6,7)8)30(27-21-20-25(4)26(5)23-27)31(38)35-28-18-15-14-16-19-28/h20-21,23-24,28-30H,9-19,22H2,1-8H3,(H,35,38)(H,36,40). The van der Waals surface area contributed by atoms with Gasteiger partial charge in [0.1, 0.15) is 17.7 Å². The molecule has 1 aromatic carbocycles. The van der Waals surface area contributed by atoms with Gasteiger partial charge < -0.3 is 20.3 Å². The lowest BCUT2D eigenvalue weighted by atomic mass is 9.93. The highest BCUT2D eigenvalue weighted by molar-refractivity contribution is 5.92. The number of hydrogen-bond donors (Lipinski definition) is 2. The highest BCUT2D eigenvalue weighted by atomic mass is 16.6. The molecule has 2 unspecified atom stereocenters. The number of alkyl carbamates (subject to hydrolysis) is 1. The minimum absolute atomic E-state index is 0.122. The van der Waals surface area contributed by atoms with Crippen LogP contribution in [0.3, 0.4) is 0 Å². The molecular formula is C34H57N3O4. The molecule has 0 saturated heterocycles. The predicted molar refractivity (Wildman–Crippen MR) is 167 cm³/mol. The van der Waals surface area contributed by atoms with Gasteiger partial charge in [0.05, 0.1) is 0 Å². The van der Waals surface area contributed by atoms with E-state index in [2.05, 4.69) is 24.5 Å². The van der Waals surface area contributed by atoms with Crippen LogP contribution in [-0.2, 0) is 14.3 Å². The number of hydrogen-bond acceptors (Lipinski definition) is 4. The van der Waals surface area contributed by atoms with E-state index < -0.39 is 23.8 Å². The SMILES string of the molecule is CCCCCCCCN(C(=O)C(NC(=O)OC(C)(C)C)C(C)C)C(C(=O)NC1CCCCC1)c1ccc(C)c(C)c1. The Kier molecular flexibility index (Phi) is 14.2. The van der Waals surface area contributed by atoms with Crippen molar-refractivity contribution in [2.24, 2.45) is 5.92 Å². The lowest BCUT2D eigenvalue weighted by Crippen LogP contribution is -2.55. The van der Waals surface area contributed by atoms with Gasteiger partial charge >= 0.3 is 6.09 Å². The van der Waals surface area contributed by atoms with Gasteiger partial charge in [0.2, 0.25) is 11.8 Å². The molecule has 1 aromatic rings. The van der Waals surface area contributed by atoms with Crippen molar-refractivity contribution in [2.75, 3.05) is 6.54 Å². The molecule has 0 heterocycles. The van der Waals surface area contributed by atoms with E-state index in [9.17, 15) is 14.4 Å². The van der Waals surface area contributed by atoms with E-state index in [4.69, 9.17) is 4.74 Å². The molecule has 41 heavy (non-hydrogen) atoms. The molecule has 0 aromatic heterocycles. The first-order valence-corrected chi connectivity index (χ1v) is 16.0. The van der Waals surface area contributed by atoms with Gasteiger partial charge in [0, 0.05) is 12.6 Å². The van der Waals surface area contributed by atoms with Crippen molar-refractivity contribution in [3.63, 3.8) is 0 Å². The molecule has 0 bridgehead atoms. The van der Waals surface area contributed by atoms with Gasteiger partial charge in [-0.25, -0.2) is 4.79 Å². The van der Waals surface area contributed by atoms with Crippen LogP contribution in [0.4, 0.5) is 4.79 Å². The van der Waals surface area contributed by atoms with Crippen LogP contribution >= 0.6 is 0 Å². The van der Waals surface area contributed by atoms with Crippen molar-refractivity contribution in [3.05, 3.63) is 34.9 Å². The molecule has 0 radical (unpaired) electrons. The predicted octanol–water partition coefficient (Wildman–Crippen LogP) is 7.53. The summed E-state index contributed by atoms with van der Waals surface area (Å²) in [5.74, 6) is -0.579. The topological polar surface area (TPSA) is 87.7 Å². The molecule has 0 spiro atoms. The largest absolute Gasteiger partial charge is 0.444 e. The summed E-state index contributed by atoms with van der Waals surface area (Å²) in [6, 6.07) is 4.56. The molecule has 0 aliphatic heterocycles. The Hall–Kier alpha value is -2.57. The van der Waals surface area contributed by atoms with Crippen LogP contribution < -0.4 is 10.6 Å². The quantitative estimate of drug-likeness (QED) is 0.226. The zero-order valence-electron chi connectivity index (χ0n) is 27.1. The summed E-state index contributed by atoms with van der Waals surface area (Å²) < 4.78 is 5.51. The number of rotatable bonds is 14. The van der Waals surface area contributed by atoms with Crippen molar-refractivity contribution >= 4 is 17.9 Å². The number of amides is 3. The van der Waals surface area contributed by atoms with Crippen LogP contribution in [0, 0.1) is 19.8 Å². The summed E-state index contributed by atoms with van der Waals surface area (Å²) in [6.45, 7) is 16.0. The number of nitrogens with one attached hydrogen (secondary N) is 2. The molecule has 2 N–H and O–H groups in total. The van der Waals surface area contributed by atoms with Crippen molar-refractivity contribution in [1.29, 1.82) is 0 Å². The van der Waals surface area contributed by atoms with Crippen LogP contribution in [0.2, 0.25) is 0 Å². The Morgan fingerprint density at radius 3 is 2.17 bits per heavy atom. The minimum atomic E-state index is -0.818. The molecular weight excluding hydrogens is 514 g/mol. The smallest absolute Gasteiger partial charge is 0.408 e. The second-order valence-electron chi connectivity index (χ2n) is 13.3. The van der Waals surface area contributed by atoms with Crippen LogP contribution in [0.5, 0.6) is 0 Å². The van der Waals surface area contributed by atoms with E-state index in [1.54, 1.807) is 25.7 Å². The van der Waals surface area contributed by atoms with E-state index in [0.717, 1.165) is 61.6 Å². The summed E-state index contributed by atoms with van der Waals surface area (Å²) in [5, 5.41) is 6.13. The maximum atomic E-state index is 14.4. The fourth-order valence-electron chi connectivity index (χ4n) is 5.49. The Morgan fingerprint density at radius 2 is 1.59 bits per heavy atom. The van der Waals surface area contributed by atoms with Crippen molar-refractivity contribution in [2.45, 2.75) is 150 Å². The maximum absolute atomic E-state index is 14.4. The van der Waals surface area contributed by atoms with Gasteiger partial charge in [-0.3, -0.25) is 9.59 Å². The fraction of sp³-hybridized carbons (Fsp3) is 0.735. The number of carbonyl (C=O) groups is 3. The molecule has 1 saturated carbocycles. The average molecular weight is 572 g/mol. The molecule has 1 fully saturated rings. The summed E-state index contributed by atoms with van der Waals surface area (Å²) in [5.41, 5.74) is 2.34. The number of aryl methyl sites for hydroxylation is 2. The Morgan fingerprint density at radius 1 is 0.951 bits per heavy atom. The first-order chi connectivity index (χ1) is 19.3. The zero-order valence-corrected chi connectivity index (χ0v) is 27.1. The van der Waals surface area contributed by atoms with E-state index in [0.29, 0.717) is 6.54 Å². The van der Waals surface area contributed by atoms with Gasteiger partial charge in [-0.15, -0.1) is 0 Å². The number of benzene rings is 1. The van der Waals surface area contributed by atoms with Crippen LogP contribution in [0.1, 0.15) is 135 Å². The number of carbonyl (C=O) groups excluding carboxylic acids is 3. The lowest BCUT2D eigenvalue weighted by Gasteiger charge is -2.37. The molecule has 3 amide bonds. The Balaban J connectivity index is 2.45. The number of unbranched alkanes of at least 4 members (excludes halogenated alkanes) is 5. The van der Waals surface area contributed by atoms with E-state index in [1.165, 1.54) is 25.7 Å². The van der Waals surface area contributed by atoms with Gasteiger partial charge in [-0.05, 0) is 76.5 Å². The second-order valence-corrected chi connectivity index (χ2v) is 13.3. The van der Waals surface area contributed by atoms with E-state index in [1.807, 2.05) is 39.0 Å². The van der Waals surface area contributed by atoms with Gasteiger partial charge in [-0.1, -0.05) is 90.3 Å². The molecule has 7 nitrogen and oxygen atoms in total. The zero-order chi connectivity index (χ0) is 30.6. The summed E-state index contributed by atoms with van der Waals surface area (Å²) >= 11 is 0. The van der Waals surface area contributed by atoms with Crippen LogP contribution in [0.25, 0.3) is 0 Å². The molecule has 1 aliphatic rings. The average Bonchev–Trinajstić information content (AvgIpc) is 2.89. The van der Waals surface area contributed by atoms with Crippen molar-refractivity contribution < 1.29 is 19.1 Å². The number of nitrogens with zero attached hydrogens (tertiary/aromatic N) is 1. The fourth-order valence-corrected chi connectivity index (χ4v) is 5.49. The third-order valence-electron chi connectivity index (χ3n) is 8.00. The highest BCUT2D eigenvalue weighted by Crippen LogP contribution is 2.28. The maximum Gasteiger partial charge on any atom is 0.408 e. The monoisotopic (exact) mass is 571 g/mol. The van der Waals surface area contributed by atoms with Gasteiger partial charge in [0.25, 0.3) is 0 Å². The Labute approximate surface area is 249 Å². The van der Waals surface area contributed by atoms with Crippen molar-refractivity contribution in [3.8, 4) is 0 Å². The number of ether oxygens (including phenoxy) is 1. The third kappa shape index (κ3) is 11.7. The first-order valence-electron chi connectivity index (χ1n) is 16.0. The normalized spacial score (nSPS) is 15.7. The van der Waals surface area contributed by atoms with Gasteiger partial charge in [-0.2, -0.15) is 0 Å². The van der Waals surface area contributed by atoms with E-state index >= 15 is 0 Å². The summed E-state index contributed by atoms with van der Waals surface area (Å²) in [6.07, 6.45) is 11.1. The second kappa shape index (κ2) is 16.8. The summed E-state index contributed by atoms with van der Waals surface area (Å²) in [4.78, 5) is 43.0. The molecule has 1 aliphatic carbocycles. The summed E-state index contributed by atoms with van der Waals surface area (Å²) in [7, 11) is 0.